The molecule has 5 nitrogen and oxygen atoms in total. The van der Waals surface area contributed by atoms with Gasteiger partial charge in [0.2, 0.25) is 0 Å². The van der Waals surface area contributed by atoms with Gasteiger partial charge in [0.05, 0.1) is 15.9 Å². The van der Waals surface area contributed by atoms with Crippen molar-refractivity contribution in [3.8, 4) is 0 Å². The normalized spacial score (nSPS) is 12.1. The van der Waals surface area contributed by atoms with Crippen LogP contribution < -0.4 is 5.73 Å². The smallest absolute Gasteiger partial charge is 0.175 e. The van der Waals surface area contributed by atoms with Crippen molar-refractivity contribution in [3.05, 3.63) is 24.0 Å². The highest BCUT2D eigenvalue weighted by molar-refractivity contribution is 7.90. The molecule has 0 fully saturated rings. The Kier molecular flexibility index (Phi) is 4.21. The van der Waals surface area contributed by atoms with Crippen LogP contribution in [0.2, 0.25) is 0 Å². The molecular formula is C13H19N3O2S. The zero-order valence-electron chi connectivity index (χ0n) is 11.0. The Labute approximate surface area is 113 Å². The lowest BCUT2D eigenvalue weighted by molar-refractivity contribution is 0.602. The lowest BCUT2D eigenvalue weighted by Gasteiger charge is -1.96. The topological polar surface area (TPSA) is 88.8 Å². The fourth-order valence-corrected chi connectivity index (χ4v) is 2.65. The summed E-state index contributed by atoms with van der Waals surface area (Å²) in [6.07, 6.45) is 5.22. The number of aromatic nitrogens is 2. The van der Waals surface area contributed by atoms with E-state index in [1.807, 2.05) is 0 Å². The summed E-state index contributed by atoms with van der Waals surface area (Å²) in [5, 5.41) is 0. The lowest BCUT2D eigenvalue weighted by atomic mass is 10.2. The van der Waals surface area contributed by atoms with Crippen molar-refractivity contribution in [1.82, 2.24) is 9.97 Å². The molecule has 0 amide bonds. The number of nitrogens with one attached hydrogen (secondary N) is 1. The number of H-pyrrole nitrogens is 1. The van der Waals surface area contributed by atoms with Crippen LogP contribution >= 0.6 is 0 Å². The predicted molar refractivity (Wildman–Crippen MR) is 75.8 cm³/mol. The third kappa shape index (κ3) is 3.54. The van der Waals surface area contributed by atoms with Crippen LogP contribution in [0.1, 0.15) is 25.1 Å². The highest BCUT2D eigenvalue weighted by Crippen LogP contribution is 2.18. The number of fused-ring (bicyclic) bond motifs is 1. The van der Waals surface area contributed by atoms with Gasteiger partial charge in [0.25, 0.3) is 0 Å². The van der Waals surface area contributed by atoms with Gasteiger partial charge < -0.3 is 10.7 Å². The molecule has 6 heteroatoms. The van der Waals surface area contributed by atoms with Crippen LogP contribution in [0.25, 0.3) is 11.0 Å². The number of sulfone groups is 1. The monoisotopic (exact) mass is 281 g/mol. The first-order valence-corrected chi connectivity index (χ1v) is 8.28. The van der Waals surface area contributed by atoms with Crippen LogP contribution in [0.15, 0.2) is 23.1 Å². The number of aromatic amines is 1. The van der Waals surface area contributed by atoms with Gasteiger partial charge in [-0.2, -0.15) is 0 Å². The molecule has 19 heavy (non-hydrogen) atoms. The maximum Gasteiger partial charge on any atom is 0.175 e. The Morgan fingerprint density at radius 1 is 1.26 bits per heavy atom. The number of hydrogen-bond acceptors (Lipinski definition) is 4. The highest BCUT2D eigenvalue weighted by Gasteiger charge is 2.09. The first-order valence-electron chi connectivity index (χ1n) is 6.39. The van der Waals surface area contributed by atoms with Crippen LogP contribution in [-0.2, 0) is 16.3 Å². The zero-order chi connectivity index (χ0) is 13.9. The Balaban J connectivity index is 2.17. The first-order chi connectivity index (χ1) is 9.00. The minimum atomic E-state index is -3.17. The minimum Gasteiger partial charge on any atom is -0.342 e. The Bertz CT molecular complexity index is 662. The molecule has 104 valence electrons. The zero-order valence-corrected chi connectivity index (χ0v) is 11.8. The fourth-order valence-electron chi connectivity index (χ4n) is 2.00. The van der Waals surface area contributed by atoms with E-state index in [9.17, 15) is 8.42 Å². The minimum absolute atomic E-state index is 0.318. The fraction of sp³-hybridized carbons (Fsp3) is 0.462. The summed E-state index contributed by atoms with van der Waals surface area (Å²) in [6.45, 7) is 0.720. The summed E-state index contributed by atoms with van der Waals surface area (Å²) in [5.74, 6) is 0.901. The van der Waals surface area contributed by atoms with Gasteiger partial charge >= 0.3 is 0 Å². The van der Waals surface area contributed by atoms with E-state index in [4.69, 9.17) is 5.73 Å². The van der Waals surface area contributed by atoms with Crippen LogP contribution in [0.5, 0.6) is 0 Å². The Morgan fingerprint density at radius 3 is 2.74 bits per heavy atom. The standard InChI is InChI=1S/C13H19N3O2S/c1-19(17,18)10-6-7-11-12(9-10)16-13(15-11)5-3-2-4-8-14/h6-7,9H,2-5,8,14H2,1H3,(H,15,16). The molecule has 0 saturated carbocycles. The van der Waals surface area contributed by atoms with Gasteiger partial charge in [0.1, 0.15) is 5.82 Å². The SMILES string of the molecule is CS(=O)(=O)c1ccc2nc(CCCCCN)[nH]c2c1. The third-order valence-corrected chi connectivity index (χ3v) is 4.16. The van der Waals surface area contributed by atoms with E-state index in [0.717, 1.165) is 49.1 Å². The van der Waals surface area contributed by atoms with E-state index in [2.05, 4.69) is 9.97 Å². The maximum absolute atomic E-state index is 11.5. The van der Waals surface area contributed by atoms with Gasteiger partial charge in [-0.15, -0.1) is 0 Å². The average molecular weight is 281 g/mol. The Morgan fingerprint density at radius 2 is 2.05 bits per heavy atom. The van der Waals surface area contributed by atoms with Crippen molar-refractivity contribution < 1.29 is 8.42 Å². The number of nitrogens with zero attached hydrogens (tertiary/aromatic N) is 1. The van der Waals surface area contributed by atoms with E-state index in [-0.39, 0.29) is 0 Å². The quantitative estimate of drug-likeness (QED) is 0.788. The molecule has 3 N–H and O–H groups in total. The van der Waals surface area contributed by atoms with Gasteiger partial charge in [-0.25, -0.2) is 13.4 Å². The van der Waals surface area contributed by atoms with Gasteiger partial charge in [-0.05, 0) is 37.6 Å². The summed E-state index contributed by atoms with van der Waals surface area (Å²) in [6, 6.07) is 4.98. The van der Waals surface area contributed by atoms with Crippen molar-refractivity contribution in [2.45, 2.75) is 30.6 Å². The van der Waals surface area contributed by atoms with E-state index in [1.54, 1.807) is 18.2 Å². The molecule has 0 aliphatic carbocycles. The molecule has 0 spiro atoms. The molecule has 1 aromatic carbocycles. The van der Waals surface area contributed by atoms with Gasteiger partial charge in [0.15, 0.2) is 9.84 Å². The van der Waals surface area contributed by atoms with Gasteiger partial charge in [-0.1, -0.05) is 6.42 Å². The largest absolute Gasteiger partial charge is 0.342 e. The summed E-state index contributed by atoms with van der Waals surface area (Å²) < 4.78 is 23.0. The highest BCUT2D eigenvalue weighted by atomic mass is 32.2. The van der Waals surface area contributed by atoms with Crippen molar-refractivity contribution in [2.75, 3.05) is 12.8 Å². The molecule has 0 saturated heterocycles. The molecule has 1 heterocycles. The van der Waals surface area contributed by atoms with Crippen LogP contribution in [-0.4, -0.2) is 31.2 Å². The molecular weight excluding hydrogens is 262 g/mol. The summed E-state index contributed by atoms with van der Waals surface area (Å²) in [7, 11) is -3.17. The number of nitrogens with two attached hydrogens (primary N) is 1. The number of rotatable bonds is 6. The van der Waals surface area contributed by atoms with Crippen LogP contribution in [0.4, 0.5) is 0 Å². The molecule has 0 radical (unpaired) electrons. The molecule has 2 aromatic rings. The van der Waals surface area contributed by atoms with Gasteiger partial charge in [-0.3, -0.25) is 0 Å². The van der Waals surface area contributed by atoms with E-state index in [1.165, 1.54) is 6.26 Å². The predicted octanol–water partition coefficient (Wildman–Crippen LogP) is 1.64. The lowest BCUT2D eigenvalue weighted by Crippen LogP contribution is -1.98. The molecule has 0 atom stereocenters. The molecule has 0 aliphatic heterocycles. The average Bonchev–Trinajstić information content (AvgIpc) is 2.75. The second kappa shape index (κ2) is 5.71. The number of hydrogen-bond donors (Lipinski definition) is 2. The van der Waals surface area contributed by atoms with Crippen molar-refractivity contribution in [2.24, 2.45) is 5.73 Å². The molecule has 0 bridgehead atoms. The van der Waals surface area contributed by atoms with Gasteiger partial charge in [0, 0.05) is 12.7 Å². The van der Waals surface area contributed by atoms with E-state index >= 15 is 0 Å². The summed E-state index contributed by atoms with van der Waals surface area (Å²) in [4.78, 5) is 7.95. The summed E-state index contributed by atoms with van der Waals surface area (Å²) in [5.41, 5.74) is 7.03. The number of unbranched alkanes of at least 4 members (excludes halogenated alkanes) is 2. The van der Waals surface area contributed by atoms with Crippen molar-refractivity contribution in [1.29, 1.82) is 0 Å². The van der Waals surface area contributed by atoms with E-state index < -0.39 is 9.84 Å². The number of benzene rings is 1. The number of imidazole rings is 1. The van der Waals surface area contributed by atoms with E-state index in [0.29, 0.717) is 4.90 Å². The Hall–Kier alpha value is -1.40. The molecule has 0 unspecified atom stereocenters. The first kappa shape index (κ1) is 14.0. The summed E-state index contributed by atoms with van der Waals surface area (Å²) >= 11 is 0. The second-order valence-corrected chi connectivity index (χ2v) is 6.75. The molecule has 0 aliphatic rings. The maximum atomic E-state index is 11.5. The van der Waals surface area contributed by atoms with Crippen LogP contribution in [0.3, 0.4) is 0 Å². The molecule has 1 aromatic heterocycles. The second-order valence-electron chi connectivity index (χ2n) is 4.73. The third-order valence-electron chi connectivity index (χ3n) is 3.05. The molecule has 2 rings (SSSR count). The van der Waals surface area contributed by atoms with Crippen molar-refractivity contribution in [3.63, 3.8) is 0 Å². The van der Waals surface area contributed by atoms with Crippen molar-refractivity contribution >= 4 is 20.9 Å². The van der Waals surface area contributed by atoms with Crippen LogP contribution in [0, 0.1) is 0 Å². The number of aryl methyl sites for hydroxylation is 1.